The van der Waals surface area contributed by atoms with Gasteiger partial charge in [0, 0.05) is 24.9 Å². The maximum Gasteiger partial charge on any atom is 0.0438 e. The highest BCUT2D eigenvalue weighted by molar-refractivity contribution is 7.99. The molecule has 2 rings (SSSR count). The van der Waals surface area contributed by atoms with Gasteiger partial charge in [0.1, 0.15) is 0 Å². The van der Waals surface area contributed by atoms with Gasteiger partial charge in [0.05, 0.1) is 0 Å². The summed E-state index contributed by atoms with van der Waals surface area (Å²) in [5.41, 5.74) is 3.03. The summed E-state index contributed by atoms with van der Waals surface area (Å²) in [4.78, 5) is 0. The number of fused-ring (bicyclic) bond motifs is 1. The van der Waals surface area contributed by atoms with Crippen LogP contribution in [0.2, 0.25) is 0 Å². The van der Waals surface area contributed by atoms with Crippen molar-refractivity contribution in [1.82, 2.24) is 5.32 Å². The molecular weight excluding hydrogens is 254 g/mol. The Bertz CT molecular complexity index is 383. The Morgan fingerprint density at radius 1 is 1.21 bits per heavy atom. The van der Waals surface area contributed by atoms with Crippen LogP contribution in [0.25, 0.3) is 0 Å². The zero-order valence-corrected chi connectivity index (χ0v) is 12.6. The zero-order valence-electron chi connectivity index (χ0n) is 11.8. The van der Waals surface area contributed by atoms with Crippen LogP contribution in [-0.4, -0.2) is 29.8 Å². The van der Waals surface area contributed by atoms with Crippen LogP contribution in [0.3, 0.4) is 0 Å². The normalized spacial score (nSPS) is 22.2. The molecule has 2 atom stereocenters. The molecular formula is C16H25NOS. The summed E-state index contributed by atoms with van der Waals surface area (Å²) in [7, 11) is 0. The molecule has 0 saturated heterocycles. The van der Waals surface area contributed by atoms with Gasteiger partial charge in [-0.25, -0.2) is 0 Å². The molecule has 0 saturated carbocycles. The van der Waals surface area contributed by atoms with Crippen molar-refractivity contribution in [3.05, 3.63) is 35.4 Å². The quantitative estimate of drug-likeness (QED) is 0.751. The van der Waals surface area contributed by atoms with Crippen LogP contribution in [0.1, 0.15) is 49.3 Å². The second-order valence-corrected chi connectivity index (χ2v) is 6.53. The number of aliphatic hydroxyl groups is 1. The van der Waals surface area contributed by atoms with E-state index in [9.17, 15) is 0 Å². The first-order valence-corrected chi connectivity index (χ1v) is 8.49. The molecule has 0 amide bonds. The Balaban J connectivity index is 1.80. The molecule has 106 valence electrons. The summed E-state index contributed by atoms with van der Waals surface area (Å²) in [5, 5.41) is 12.4. The van der Waals surface area contributed by atoms with E-state index in [2.05, 4.69) is 36.5 Å². The van der Waals surface area contributed by atoms with E-state index in [1.165, 1.54) is 24.0 Å². The summed E-state index contributed by atoms with van der Waals surface area (Å²) in [6.07, 6.45) is 3.44. The molecule has 0 fully saturated rings. The summed E-state index contributed by atoms with van der Waals surface area (Å²) < 4.78 is 0. The van der Waals surface area contributed by atoms with Gasteiger partial charge in [-0.3, -0.25) is 0 Å². The largest absolute Gasteiger partial charge is 0.396 e. The molecule has 0 spiro atoms. The predicted octanol–water partition coefficient (Wildman–Crippen LogP) is 3.33. The van der Waals surface area contributed by atoms with Gasteiger partial charge in [0.15, 0.2) is 0 Å². The van der Waals surface area contributed by atoms with Crippen LogP contribution < -0.4 is 5.32 Å². The molecule has 3 heteroatoms. The van der Waals surface area contributed by atoms with E-state index in [1.807, 2.05) is 11.8 Å². The minimum Gasteiger partial charge on any atom is -0.396 e. The first-order valence-electron chi connectivity index (χ1n) is 7.33. The molecule has 2 N–H and O–H groups in total. The van der Waals surface area contributed by atoms with Crippen LogP contribution in [0.15, 0.2) is 24.3 Å². The summed E-state index contributed by atoms with van der Waals surface area (Å²) >= 11 is 1.93. The Labute approximate surface area is 121 Å². The Hall–Kier alpha value is -0.510. The van der Waals surface area contributed by atoms with Crippen LogP contribution in [0, 0.1) is 0 Å². The molecule has 2 nitrogen and oxygen atoms in total. The Kier molecular flexibility index (Phi) is 6.21. The Morgan fingerprint density at radius 2 is 2.00 bits per heavy atom. The highest BCUT2D eigenvalue weighted by Crippen LogP contribution is 2.36. The van der Waals surface area contributed by atoms with Crippen LogP contribution in [-0.2, 0) is 0 Å². The van der Waals surface area contributed by atoms with E-state index in [0.717, 1.165) is 24.5 Å². The van der Waals surface area contributed by atoms with Crippen LogP contribution in [0.4, 0.5) is 0 Å². The van der Waals surface area contributed by atoms with Gasteiger partial charge in [0.2, 0.25) is 0 Å². The van der Waals surface area contributed by atoms with Crippen molar-refractivity contribution in [3.63, 3.8) is 0 Å². The SMILES string of the molecule is CC1CCC(NCCSCCCO)c2ccccc21. The van der Waals surface area contributed by atoms with Gasteiger partial charge in [-0.2, -0.15) is 11.8 Å². The van der Waals surface area contributed by atoms with Crippen molar-refractivity contribution < 1.29 is 5.11 Å². The number of nitrogens with one attached hydrogen (secondary N) is 1. The molecule has 1 aromatic carbocycles. The smallest absolute Gasteiger partial charge is 0.0438 e. The van der Waals surface area contributed by atoms with Crippen molar-refractivity contribution in [1.29, 1.82) is 0 Å². The summed E-state index contributed by atoms with van der Waals surface area (Å²) in [5.74, 6) is 2.90. The molecule has 0 bridgehead atoms. The van der Waals surface area contributed by atoms with Crippen molar-refractivity contribution in [2.75, 3.05) is 24.7 Å². The van der Waals surface area contributed by atoms with Gasteiger partial charge in [-0.1, -0.05) is 31.2 Å². The third kappa shape index (κ3) is 4.23. The Morgan fingerprint density at radius 3 is 2.79 bits per heavy atom. The summed E-state index contributed by atoms with van der Waals surface area (Å²) in [6, 6.07) is 9.40. The van der Waals surface area contributed by atoms with Gasteiger partial charge in [-0.15, -0.1) is 0 Å². The standard InChI is InChI=1S/C16H25NOS/c1-13-7-8-16(15-6-3-2-5-14(13)15)17-9-12-19-11-4-10-18/h2-3,5-6,13,16-18H,4,7-12H2,1H3. The minimum atomic E-state index is 0.314. The minimum absolute atomic E-state index is 0.314. The predicted molar refractivity (Wildman–Crippen MR) is 83.9 cm³/mol. The van der Waals surface area contributed by atoms with E-state index in [1.54, 1.807) is 0 Å². The fourth-order valence-electron chi connectivity index (χ4n) is 2.79. The highest BCUT2D eigenvalue weighted by Gasteiger charge is 2.23. The van der Waals surface area contributed by atoms with Gasteiger partial charge >= 0.3 is 0 Å². The average Bonchev–Trinajstić information content (AvgIpc) is 2.45. The summed E-state index contributed by atoms with van der Waals surface area (Å²) in [6.45, 7) is 3.71. The monoisotopic (exact) mass is 279 g/mol. The number of hydrogen-bond donors (Lipinski definition) is 2. The topological polar surface area (TPSA) is 32.3 Å². The van der Waals surface area contributed by atoms with Gasteiger partial charge in [-0.05, 0) is 42.1 Å². The van der Waals surface area contributed by atoms with Gasteiger partial charge < -0.3 is 10.4 Å². The lowest BCUT2D eigenvalue weighted by molar-refractivity contribution is 0.296. The van der Waals surface area contributed by atoms with E-state index >= 15 is 0 Å². The van der Waals surface area contributed by atoms with E-state index in [0.29, 0.717) is 18.6 Å². The van der Waals surface area contributed by atoms with Crippen molar-refractivity contribution >= 4 is 11.8 Å². The first kappa shape index (κ1) is 14.9. The second-order valence-electron chi connectivity index (χ2n) is 5.30. The van der Waals surface area contributed by atoms with E-state index in [-0.39, 0.29) is 0 Å². The van der Waals surface area contributed by atoms with Crippen molar-refractivity contribution in [2.24, 2.45) is 0 Å². The lowest BCUT2D eigenvalue weighted by atomic mass is 9.81. The maximum atomic E-state index is 8.73. The molecule has 0 aromatic heterocycles. The average molecular weight is 279 g/mol. The fourth-order valence-corrected chi connectivity index (χ4v) is 3.59. The highest BCUT2D eigenvalue weighted by atomic mass is 32.2. The second kappa shape index (κ2) is 7.93. The molecule has 1 aromatic rings. The number of thioether (sulfide) groups is 1. The maximum absolute atomic E-state index is 8.73. The van der Waals surface area contributed by atoms with Crippen LogP contribution in [0.5, 0.6) is 0 Å². The van der Waals surface area contributed by atoms with Gasteiger partial charge in [0.25, 0.3) is 0 Å². The molecule has 0 aliphatic heterocycles. The molecule has 1 aliphatic rings. The van der Waals surface area contributed by atoms with Crippen LogP contribution >= 0.6 is 11.8 Å². The molecule has 19 heavy (non-hydrogen) atoms. The first-order chi connectivity index (χ1) is 9.33. The molecule has 0 heterocycles. The number of rotatable bonds is 7. The third-order valence-corrected chi connectivity index (χ3v) is 4.94. The number of aliphatic hydroxyl groups excluding tert-OH is 1. The van der Waals surface area contributed by atoms with Crippen molar-refractivity contribution in [2.45, 2.75) is 38.1 Å². The molecule has 1 aliphatic carbocycles. The number of hydrogen-bond acceptors (Lipinski definition) is 3. The lowest BCUT2D eigenvalue weighted by Crippen LogP contribution is -2.28. The fraction of sp³-hybridized carbons (Fsp3) is 0.625. The third-order valence-electron chi connectivity index (χ3n) is 3.87. The molecule has 0 radical (unpaired) electrons. The van der Waals surface area contributed by atoms with E-state index in [4.69, 9.17) is 5.11 Å². The zero-order chi connectivity index (χ0) is 13.5. The van der Waals surface area contributed by atoms with E-state index < -0.39 is 0 Å². The lowest BCUT2D eigenvalue weighted by Gasteiger charge is -2.30. The number of benzene rings is 1. The molecule has 2 unspecified atom stereocenters. The van der Waals surface area contributed by atoms with Crippen molar-refractivity contribution in [3.8, 4) is 0 Å².